The number of phenolic OH excluding ortho intramolecular Hbond substituents is 1. The lowest BCUT2D eigenvalue weighted by Crippen LogP contribution is -2.24. The first-order valence-electron chi connectivity index (χ1n) is 6.33. The summed E-state index contributed by atoms with van der Waals surface area (Å²) >= 11 is 0. The van der Waals surface area contributed by atoms with E-state index in [1.807, 2.05) is 6.92 Å². The van der Waals surface area contributed by atoms with E-state index in [0.717, 1.165) is 12.1 Å². The Morgan fingerprint density at radius 3 is 2.58 bits per heavy atom. The zero-order valence-corrected chi connectivity index (χ0v) is 11.1. The highest BCUT2D eigenvalue weighted by Crippen LogP contribution is 2.29. The SMILES string of the molecule is CCCC(C(=O)OCC)C(O)c1cc(O)cc(F)c1. The van der Waals surface area contributed by atoms with Crippen LogP contribution in [0.2, 0.25) is 0 Å². The Bertz CT molecular complexity index is 413. The van der Waals surface area contributed by atoms with Gasteiger partial charge in [-0.1, -0.05) is 13.3 Å². The minimum absolute atomic E-state index is 0.170. The highest BCUT2D eigenvalue weighted by atomic mass is 19.1. The molecule has 0 bridgehead atoms. The van der Waals surface area contributed by atoms with Crippen molar-refractivity contribution < 1.29 is 24.1 Å². The van der Waals surface area contributed by atoms with Gasteiger partial charge in [0, 0.05) is 6.07 Å². The molecule has 0 aliphatic heterocycles. The highest BCUT2D eigenvalue weighted by molar-refractivity contribution is 5.73. The predicted molar refractivity (Wildman–Crippen MR) is 68.1 cm³/mol. The fourth-order valence-electron chi connectivity index (χ4n) is 1.96. The normalized spacial score (nSPS) is 13.9. The number of halogens is 1. The Hall–Kier alpha value is -1.62. The van der Waals surface area contributed by atoms with Gasteiger partial charge in [-0.2, -0.15) is 0 Å². The smallest absolute Gasteiger partial charge is 0.311 e. The number of aliphatic hydroxyl groups is 1. The quantitative estimate of drug-likeness (QED) is 0.780. The van der Waals surface area contributed by atoms with Gasteiger partial charge in [-0.25, -0.2) is 4.39 Å². The lowest BCUT2D eigenvalue weighted by Gasteiger charge is -2.21. The number of rotatable bonds is 6. The molecule has 0 saturated carbocycles. The third-order valence-electron chi connectivity index (χ3n) is 2.82. The summed E-state index contributed by atoms with van der Waals surface area (Å²) in [6.45, 7) is 3.78. The van der Waals surface area contributed by atoms with Crippen molar-refractivity contribution in [1.29, 1.82) is 0 Å². The van der Waals surface area contributed by atoms with Crippen LogP contribution in [0.25, 0.3) is 0 Å². The van der Waals surface area contributed by atoms with Crippen LogP contribution in [-0.4, -0.2) is 22.8 Å². The van der Waals surface area contributed by atoms with E-state index in [0.29, 0.717) is 12.8 Å². The summed E-state index contributed by atoms with van der Waals surface area (Å²) < 4.78 is 18.1. The van der Waals surface area contributed by atoms with Gasteiger partial charge in [-0.3, -0.25) is 4.79 Å². The second-order valence-electron chi connectivity index (χ2n) is 4.33. The van der Waals surface area contributed by atoms with E-state index in [1.54, 1.807) is 6.92 Å². The minimum Gasteiger partial charge on any atom is -0.508 e. The van der Waals surface area contributed by atoms with Gasteiger partial charge >= 0.3 is 5.97 Å². The summed E-state index contributed by atoms with van der Waals surface area (Å²) in [5.74, 6) is -2.21. The molecule has 2 atom stereocenters. The van der Waals surface area contributed by atoms with E-state index >= 15 is 0 Å². The van der Waals surface area contributed by atoms with Gasteiger partial charge in [0.2, 0.25) is 0 Å². The topological polar surface area (TPSA) is 66.8 Å². The Labute approximate surface area is 111 Å². The van der Waals surface area contributed by atoms with E-state index in [1.165, 1.54) is 6.07 Å². The van der Waals surface area contributed by atoms with Crippen molar-refractivity contribution in [3.05, 3.63) is 29.6 Å². The third kappa shape index (κ3) is 4.21. The van der Waals surface area contributed by atoms with Crippen molar-refractivity contribution in [1.82, 2.24) is 0 Å². The Morgan fingerprint density at radius 2 is 2.05 bits per heavy atom. The van der Waals surface area contributed by atoms with Gasteiger partial charge in [0.1, 0.15) is 11.6 Å². The van der Waals surface area contributed by atoms with Crippen LogP contribution < -0.4 is 0 Å². The van der Waals surface area contributed by atoms with Gasteiger partial charge in [0.15, 0.2) is 0 Å². The zero-order chi connectivity index (χ0) is 14.4. The number of aromatic hydroxyl groups is 1. The van der Waals surface area contributed by atoms with Crippen molar-refractivity contribution in [3.8, 4) is 5.75 Å². The molecule has 1 aromatic rings. The van der Waals surface area contributed by atoms with Crippen molar-refractivity contribution in [2.24, 2.45) is 5.92 Å². The number of benzene rings is 1. The van der Waals surface area contributed by atoms with Crippen molar-refractivity contribution in [2.45, 2.75) is 32.8 Å². The van der Waals surface area contributed by atoms with Crippen LogP contribution in [0.1, 0.15) is 38.4 Å². The molecule has 0 spiro atoms. The molecule has 0 aliphatic rings. The minimum atomic E-state index is -1.19. The molecule has 0 aliphatic carbocycles. The van der Waals surface area contributed by atoms with Crippen LogP contribution in [0.4, 0.5) is 4.39 Å². The number of esters is 1. The maximum absolute atomic E-state index is 13.2. The molecule has 0 fully saturated rings. The van der Waals surface area contributed by atoms with E-state index < -0.39 is 23.8 Å². The predicted octanol–water partition coefficient (Wildman–Crippen LogP) is 2.54. The fourth-order valence-corrected chi connectivity index (χ4v) is 1.96. The molecular formula is C14H19FO4. The van der Waals surface area contributed by atoms with Gasteiger partial charge in [-0.15, -0.1) is 0 Å². The summed E-state index contributed by atoms with van der Waals surface area (Å²) in [5.41, 5.74) is 0.170. The van der Waals surface area contributed by atoms with Crippen LogP contribution in [0.3, 0.4) is 0 Å². The third-order valence-corrected chi connectivity index (χ3v) is 2.82. The van der Waals surface area contributed by atoms with Gasteiger partial charge in [-0.05, 0) is 31.0 Å². The van der Waals surface area contributed by atoms with Crippen LogP contribution in [0.15, 0.2) is 18.2 Å². The summed E-state index contributed by atoms with van der Waals surface area (Å²) in [6, 6.07) is 3.29. The molecule has 0 heterocycles. The first-order valence-corrected chi connectivity index (χ1v) is 6.33. The first kappa shape index (κ1) is 15.4. The molecule has 2 unspecified atom stereocenters. The van der Waals surface area contributed by atoms with Gasteiger partial charge in [0.05, 0.1) is 18.6 Å². The monoisotopic (exact) mass is 270 g/mol. The van der Waals surface area contributed by atoms with E-state index in [9.17, 15) is 19.4 Å². The number of aliphatic hydroxyl groups excluding tert-OH is 1. The number of phenols is 1. The van der Waals surface area contributed by atoms with Crippen LogP contribution in [0, 0.1) is 11.7 Å². The number of hydrogen-bond acceptors (Lipinski definition) is 4. The van der Waals surface area contributed by atoms with Crippen LogP contribution in [0.5, 0.6) is 5.75 Å². The van der Waals surface area contributed by atoms with E-state index in [2.05, 4.69) is 0 Å². The first-order chi connectivity index (χ1) is 8.99. The molecule has 0 amide bonds. The average Bonchev–Trinajstić information content (AvgIpc) is 2.34. The maximum Gasteiger partial charge on any atom is 0.311 e. The second-order valence-corrected chi connectivity index (χ2v) is 4.33. The van der Waals surface area contributed by atoms with Gasteiger partial charge < -0.3 is 14.9 Å². The van der Waals surface area contributed by atoms with E-state index in [4.69, 9.17) is 4.74 Å². The molecule has 5 heteroatoms. The fraction of sp³-hybridized carbons (Fsp3) is 0.500. The number of ether oxygens (including phenoxy) is 1. The van der Waals surface area contributed by atoms with Crippen molar-refractivity contribution in [3.63, 3.8) is 0 Å². The Kier molecular flexibility index (Phi) is 5.76. The summed E-state index contributed by atoms with van der Waals surface area (Å²) in [5, 5.41) is 19.5. The number of carbonyl (C=O) groups excluding carboxylic acids is 1. The average molecular weight is 270 g/mol. The zero-order valence-electron chi connectivity index (χ0n) is 11.1. The molecule has 1 rings (SSSR count). The van der Waals surface area contributed by atoms with Crippen LogP contribution in [-0.2, 0) is 9.53 Å². The lowest BCUT2D eigenvalue weighted by atomic mass is 9.91. The molecule has 0 saturated heterocycles. The largest absolute Gasteiger partial charge is 0.508 e. The molecule has 0 radical (unpaired) electrons. The molecule has 19 heavy (non-hydrogen) atoms. The highest BCUT2D eigenvalue weighted by Gasteiger charge is 2.29. The molecule has 1 aromatic carbocycles. The van der Waals surface area contributed by atoms with Crippen molar-refractivity contribution in [2.75, 3.05) is 6.61 Å². The number of carbonyl (C=O) groups is 1. The molecule has 106 valence electrons. The van der Waals surface area contributed by atoms with Gasteiger partial charge in [0.25, 0.3) is 0 Å². The van der Waals surface area contributed by atoms with Crippen LogP contribution >= 0.6 is 0 Å². The maximum atomic E-state index is 13.2. The Balaban J connectivity index is 2.97. The molecule has 0 aromatic heterocycles. The summed E-state index contributed by atoms with van der Waals surface area (Å²) in [7, 11) is 0. The van der Waals surface area contributed by atoms with E-state index in [-0.39, 0.29) is 17.9 Å². The standard InChI is InChI=1S/C14H19FO4/c1-3-5-12(14(18)19-4-2)13(17)9-6-10(15)8-11(16)7-9/h6-8,12-13,16-17H,3-5H2,1-2H3. The molecule has 2 N–H and O–H groups in total. The summed E-state index contributed by atoms with van der Waals surface area (Å²) in [6.07, 6.45) is -0.0837. The molecule has 4 nitrogen and oxygen atoms in total. The lowest BCUT2D eigenvalue weighted by molar-refractivity contribution is -0.152. The number of hydrogen-bond donors (Lipinski definition) is 2. The molecular weight excluding hydrogens is 251 g/mol. The second kappa shape index (κ2) is 7.09. The van der Waals surface area contributed by atoms with Crippen molar-refractivity contribution >= 4 is 5.97 Å². The summed E-state index contributed by atoms with van der Waals surface area (Å²) in [4.78, 5) is 11.8. The Morgan fingerprint density at radius 1 is 1.37 bits per heavy atom.